The van der Waals surface area contributed by atoms with Crippen LogP contribution in [-0.2, 0) is 0 Å². The lowest BCUT2D eigenvalue weighted by molar-refractivity contribution is 0.669. The predicted molar refractivity (Wildman–Crippen MR) is 207 cm³/mol. The van der Waals surface area contributed by atoms with Crippen molar-refractivity contribution in [3.05, 3.63) is 163 Å². The Labute approximate surface area is 313 Å². The van der Waals surface area contributed by atoms with Crippen molar-refractivity contribution in [3.8, 4) is 56.4 Å². The number of thiophene rings is 1. The van der Waals surface area contributed by atoms with E-state index in [-0.39, 0.29) is 54.8 Å². The van der Waals surface area contributed by atoms with Gasteiger partial charge in [0.25, 0.3) is 0 Å². The second kappa shape index (κ2) is 11.6. The molecule has 0 amide bonds. The van der Waals surface area contributed by atoms with Crippen molar-refractivity contribution >= 4 is 53.4 Å². The maximum atomic E-state index is 9.62. The Hall–Kier alpha value is -6.43. The van der Waals surface area contributed by atoms with Crippen LogP contribution in [0.25, 0.3) is 98.5 Å². The summed E-state index contributed by atoms with van der Waals surface area (Å²) in [4.78, 5) is 14.3. The van der Waals surface area contributed by atoms with Crippen LogP contribution in [0.1, 0.15) is 20.6 Å². The molecule has 7 aromatic carbocycles. The lowest BCUT2D eigenvalue weighted by Gasteiger charge is -2.08. The topological polar surface area (TPSA) is 51.8 Å². The number of rotatable bonds is 5. The molecule has 0 aliphatic carbocycles. The molecule has 0 spiro atoms. The van der Waals surface area contributed by atoms with Crippen LogP contribution < -0.4 is 0 Å². The number of hydrogen-bond donors (Lipinski definition) is 0. The molecule has 50 heavy (non-hydrogen) atoms. The smallest absolute Gasteiger partial charge is 0.164 e. The van der Waals surface area contributed by atoms with E-state index in [1.165, 1.54) is 0 Å². The first-order chi connectivity index (χ1) is 31.0. The maximum absolute atomic E-state index is 9.62. The Morgan fingerprint density at radius 2 is 1.14 bits per heavy atom. The summed E-state index contributed by atoms with van der Waals surface area (Å²) in [5.74, 6) is 0.311. The van der Waals surface area contributed by atoms with Gasteiger partial charge in [0.2, 0.25) is 0 Å². The molecule has 3 heterocycles. The van der Waals surface area contributed by atoms with Crippen molar-refractivity contribution in [2.75, 3.05) is 0 Å². The second-order valence-electron chi connectivity index (χ2n) is 11.2. The molecule has 0 atom stereocenters. The molecule has 0 aliphatic heterocycles. The fraction of sp³-hybridized carbons (Fsp3) is 0. The molecule has 0 unspecified atom stereocenters. The summed E-state index contributed by atoms with van der Waals surface area (Å²) in [6, 6.07) is 12.1. The number of aromatic nitrogens is 3. The quantitative estimate of drug-likeness (QED) is 0.183. The van der Waals surface area contributed by atoms with Crippen LogP contribution in [0.4, 0.5) is 0 Å². The van der Waals surface area contributed by atoms with Gasteiger partial charge in [-0.3, -0.25) is 0 Å². The molecule has 0 fully saturated rings. The van der Waals surface area contributed by atoms with E-state index in [1.807, 2.05) is 36.4 Å². The Morgan fingerprint density at radius 1 is 0.460 bits per heavy atom. The van der Waals surface area contributed by atoms with Crippen LogP contribution in [0.5, 0.6) is 0 Å². The van der Waals surface area contributed by atoms with Gasteiger partial charge in [0.05, 0.1) is 20.6 Å². The first-order valence-corrected chi connectivity index (χ1v) is 16.2. The molecule has 4 nitrogen and oxygen atoms in total. The Bertz CT molecular complexity index is 3680. The van der Waals surface area contributed by atoms with Crippen LogP contribution in [0.2, 0.25) is 0 Å². The molecule has 5 heteroatoms. The van der Waals surface area contributed by atoms with Gasteiger partial charge in [-0.05, 0) is 52.6 Å². The lowest BCUT2D eigenvalue weighted by atomic mass is 9.99. The predicted octanol–water partition coefficient (Wildman–Crippen LogP) is 12.5. The van der Waals surface area contributed by atoms with Crippen molar-refractivity contribution < 1.29 is 25.0 Å². The summed E-state index contributed by atoms with van der Waals surface area (Å²) >= 11 is 0.808. The summed E-state index contributed by atoms with van der Waals surface area (Å²) in [5, 5.41) is 1.48. The van der Waals surface area contributed by atoms with Gasteiger partial charge in [-0.1, -0.05) is 133 Å². The summed E-state index contributed by atoms with van der Waals surface area (Å²) in [6.07, 6.45) is 0. The van der Waals surface area contributed by atoms with Gasteiger partial charge < -0.3 is 4.42 Å². The molecule has 10 aromatic rings. The standard InChI is InChI=1S/C45H27N3OS/c1-3-10-28(11-4-1)29-18-20-30(21-19-29)34-15-9-16-37-36-24-22-33(27-41(36)50-42(34)37)45-47-43(31-12-5-2-6-13-31)46-44(48-45)32-23-25-40-38(26-32)35-14-7-8-17-39(35)49-40/h1-27H/i1D,3D,4D,9D,10D,11D,15D,16D,18D,19D,20D,21D,22D,24D,27D. The number of hydrogen-bond acceptors (Lipinski definition) is 5. The number of furan rings is 1. The Balaban J connectivity index is 1.23. The van der Waals surface area contributed by atoms with Gasteiger partial charge in [0.15, 0.2) is 17.5 Å². The zero-order valence-electron chi connectivity index (χ0n) is 40.6. The van der Waals surface area contributed by atoms with Crippen LogP contribution in [0, 0.1) is 0 Å². The van der Waals surface area contributed by atoms with Crippen molar-refractivity contribution in [1.82, 2.24) is 15.0 Å². The third-order valence-corrected chi connectivity index (χ3v) is 9.33. The third-order valence-electron chi connectivity index (χ3n) is 8.21. The molecular formula is C45H27N3OS. The molecule has 0 saturated carbocycles. The second-order valence-corrected chi connectivity index (χ2v) is 12.3. The van der Waals surface area contributed by atoms with Gasteiger partial charge in [0, 0.05) is 47.6 Å². The van der Waals surface area contributed by atoms with E-state index in [0.717, 1.165) is 22.1 Å². The van der Waals surface area contributed by atoms with E-state index in [2.05, 4.69) is 0 Å². The van der Waals surface area contributed by atoms with Crippen LogP contribution in [-0.4, -0.2) is 15.0 Å². The van der Waals surface area contributed by atoms with Gasteiger partial charge in [-0.2, -0.15) is 0 Å². The van der Waals surface area contributed by atoms with Crippen molar-refractivity contribution in [1.29, 1.82) is 0 Å². The molecule has 10 rings (SSSR count). The first-order valence-electron chi connectivity index (χ1n) is 22.9. The number of benzene rings is 7. The molecule has 0 radical (unpaired) electrons. The minimum Gasteiger partial charge on any atom is -0.456 e. The molecule has 234 valence electrons. The number of nitrogens with zero attached hydrogens (tertiary/aromatic N) is 3. The highest BCUT2D eigenvalue weighted by Gasteiger charge is 2.17. The Morgan fingerprint density at radius 3 is 1.98 bits per heavy atom. The van der Waals surface area contributed by atoms with E-state index >= 15 is 0 Å². The largest absolute Gasteiger partial charge is 0.456 e. The average molecular weight is 673 g/mol. The minimum atomic E-state index is -0.785. The fourth-order valence-electron chi connectivity index (χ4n) is 5.84. The fourth-order valence-corrected chi connectivity index (χ4v) is 6.96. The Kier molecular flexibility index (Phi) is 4.02. The average Bonchev–Trinajstić information content (AvgIpc) is 3.90. The van der Waals surface area contributed by atoms with Gasteiger partial charge in [0.1, 0.15) is 11.2 Å². The summed E-state index contributed by atoms with van der Waals surface area (Å²) in [5.41, 5.74) is 0.441. The molecular weight excluding hydrogens is 631 g/mol. The lowest BCUT2D eigenvalue weighted by Crippen LogP contribution is -2.00. The molecule has 0 bridgehead atoms. The van der Waals surface area contributed by atoms with Gasteiger partial charge in [-0.15, -0.1) is 11.3 Å². The molecule has 0 saturated heterocycles. The number of para-hydroxylation sites is 1. The van der Waals surface area contributed by atoms with Crippen LogP contribution >= 0.6 is 11.3 Å². The van der Waals surface area contributed by atoms with Crippen LogP contribution in [0.15, 0.2) is 168 Å². The summed E-state index contributed by atoms with van der Waals surface area (Å²) in [7, 11) is 0. The van der Waals surface area contributed by atoms with E-state index < -0.39 is 101 Å². The van der Waals surface area contributed by atoms with E-state index in [0.29, 0.717) is 22.3 Å². The number of fused-ring (bicyclic) bond motifs is 6. The summed E-state index contributed by atoms with van der Waals surface area (Å²) in [6.45, 7) is 0. The minimum absolute atomic E-state index is 0.0251. The monoisotopic (exact) mass is 672 g/mol. The zero-order chi connectivity index (χ0) is 46.1. The highest BCUT2D eigenvalue weighted by Crippen LogP contribution is 2.42. The van der Waals surface area contributed by atoms with Gasteiger partial charge >= 0.3 is 0 Å². The van der Waals surface area contributed by atoms with E-state index in [9.17, 15) is 4.11 Å². The van der Waals surface area contributed by atoms with E-state index in [4.69, 9.17) is 35.8 Å². The van der Waals surface area contributed by atoms with E-state index in [1.54, 1.807) is 36.4 Å². The van der Waals surface area contributed by atoms with Crippen molar-refractivity contribution in [2.24, 2.45) is 0 Å². The zero-order valence-corrected chi connectivity index (χ0v) is 26.4. The van der Waals surface area contributed by atoms with Crippen molar-refractivity contribution in [3.63, 3.8) is 0 Å². The van der Waals surface area contributed by atoms with Crippen LogP contribution in [0.3, 0.4) is 0 Å². The summed E-state index contributed by atoms with van der Waals surface area (Å²) < 4.78 is 139. The maximum Gasteiger partial charge on any atom is 0.164 e. The highest BCUT2D eigenvalue weighted by atomic mass is 32.1. The third kappa shape index (κ3) is 4.87. The normalized spacial score (nSPS) is 15.8. The SMILES string of the molecule is [2H]c1c([2H])c([2H])c(-c2c([2H])c([2H])c(-c3c([2H])c([2H])c([2H])c4c3sc3c([2H])c(-c5nc(-c6ccccc6)nc(-c6ccc7oc8ccccc8c7c6)n5)c([2H])c([2H])c34)c([2H])c2[2H])c([2H])c1[2H]. The molecule has 0 aliphatic rings. The first kappa shape index (κ1) is 17.3. The molecule has 0 N–H and O–H groups in total. The van der Waals surface area contributed by atoms with Crippen molar-refractivity contribution in [2.45, 2.75) is 0 Å². The van der Waals surface area contributed by atoms with Gasteiger partial charge in [-0.25, -0.2) is 15.0 Å². The highest BCUT2D eigenvalue weighted by molar-refractivity contribution is 7.26. The molecule has 3 aromatic heterocycles.